The maximum atomic E-state index is 11.5. The van der Waals surface area contributed by atoms with E-state index in [1.54, 1.807) is 11.6 Å². The van der Waals surface area contributed by atoms with Gasteiger partial charge in [-0.25, -0.2) is 14.6 Å². The Morgan fingerprint density at radius 3 is 2.88 bits per heavy atom. The summed E-state index contributed by atoms with van der Waals surface area (Å²) in [5.41, 5.74) is 0.674. The first-order chi connectivity index (χ1) is 16.3. The Bertz CT molecular complexity index is 1230. The maximum absolute atomic E-state index is 11.5. The number of nitrogens with zero attached hydrogens (tertiary/aromatic N) is 6. The van der Waals surface area contributed by atoms with Crippen molar-refractivity contribution in [3.05, 3.63) is 39.2 Å². The van der Waals surface area contributed by atoms with Crippen LogP contribution in [0.5, 0.6) is 0 Å². The lowest BCUT2D eigenvalue weighted by Crippen LogP contribution is -2.47. The molecule has 1 saturated heterocycles. The third-order valence-corrected chi connectivity index (χ3v) is 8.60. The molecule has 9 nitrogen and oxygen atoms in total. The number of rotatable bonds is 6. The Hall–Kier alpha value is -2.04. The molecule has 178 valence electrons. The molecule has 1 aliphatic rings. The average molecular weight is 584 g/mol. The predicted molar refractivity (Wildman–Crippen MR) is 131 cm³/mol. The topological polar surface area (TPSA) is 116 Å². The smallest absolute Gasteiger partial charge is 0.302 e. The van der Waals surface area contributed by atoms with Gasteiger partial charge in [-0.1, -0.05) is 42.4 Å². The van der Waals surface area contributed by atoms with Crippen LogP contribution in [0.2, 0.25) is 5.15 Å². The number of ether oxygens (including phenoxy) is 2. The van der Waals surface area contributed by atoms with E-state index in [2.05, 4.69) is 50.1 Å². The monoisotopic (exact) mass is 582 g/mol. The Labute approximate surface area is 218 Å². The lowest BCUT2D eigenvalue weighted by Gasteiger charge is -2.44. The second-order valence-electron chi connectivity index (χ2n) is 7.84. The summed E-state index contributed by atoms with van der Waals surface area (Å²) >= 11 is 12.3. The van der Waals surface area contributed by atoms with E-state index in [9.17, 15) is 4.79 Å². The highest BCUT2D eigenvalue weighted by Gasteiger charge is 2.44. The summed E-state index contributed by atoms with van der Waals surface area (Å²) in [6, 6.07) is 3.81. The van der Waals surface area contributed by atoms with Gasteiger partial charge in [0.25, 0.3) is 0 Å². The molecule has 3 aromatic heterocycles. The van der Waals surface area contributed by atoms with Gasteiger partial charge in [-0.2, -0.15) is 5.26 Å². The van der Waals surface area contributed by atoms with Crippen molar-refractivity contribution >= 4 is 56.6 Å². The van der Waals surface area contributed by atoms with E-state index in [1.807, 2.05) is 23.0 Å². The number of carbonyl (C=O) groups excluding carboxylic acids is 1. The van der Waals surface area contributed by atoms with Crippen molar-refractivity contribution in [1.29, 1.82) is 5.26 Å². The van der Waals surface area contributed by atoms with E-state index in [0.29, 0.717) is 26.0 Å². The van der Waals surface area contributed by atoms with Gasteiger partial charge in [-0.15, -0.1) is 16.4 Å². The van der Waals surface area contributed by atoms with E-state index in [0.717, 1.165) is 4.90 Å². The minimum absolute atomic E-state index is 0.0115. The van der Waals surface area contributed by atoms with Crippen molar-refractivity contribution in [3.63, 3.8) is 0 Å². The van der Waals surface area contributed by atoms with Crippen LogP contribution in [0.3, 0.4) is 0 Å². The van der Waals surface area contributed by atoms with Crippen LogP contribution in [0.25, 0.3) is 10.7 Å². The van der Waals surface area contributed by atoms with Crippen LogP contribution < -0.4 is 0 Å². The maximum Gasteiger partial charge on any atom is 0.302 e. The molecule has 2 unspecified atom stereocenters. The molecular weight excluding hydrogens is 564 g/mol. The van der Waals surface area contributed by atoms with Crippen molar-refractivity contribution < 1.29 is 14.3 Å². The van der Waals surface area contributed by atoms with Gasteiger partial charge in [-0.3, -0.25) is 4.79 Å². The number of thioether (sulfide) groups is 1. The van der Waals surface area contributed by atoms with Gasteiger partial charge in [0.2, 0.25) is 0 Å². The molecule has 0 aliphatic carbocycles. The van der Waals surface area contributed by atoms with Crippen molar-refractivity contribution in [1.82, 2.24) is 25.0 Å². The summed E-state index contributed by atoms with van der Waals surface area (Å²) in [5, 5.41) is 20.7. The molecule has 1 aliphatic heterocycles. The van der Waals surface area contributed by atoms with Crippen LogP contribution in [0.15, 0.2) is 33.2 Å². The van der Waals surface area contributed by atoms with Gasteiger partial charge in [0, 0.05) is 35.2 Å². The fourth-order valence-electron chi connectivity index (χ4n) is 3.88. The lowest BCUT2D eigenvalue weighted by molar-refractivity contribution is -0.156. The quantitative estimate of drug-likeness (QED) is 0.371. The molecule has 0 saturated carbocycles. The molecule has 34 heavy (non-hydrogen) atoms. The number of esters is 1. The van der Waals surface area contributed by atoms with Gasteiger partial charge in [0.05, 0.1) is 22.8 Å². The SMILES string of the molecule is CC(=O)OCC1O[C@H](Sc2cnc(C#N)c(Br)c2)C(C)[C@@H](n2cc(-c3nc(Cl)cs3)nn2)[C@H]1C. The molecular formula is C21H20BrClN6O3S2. The van der Waals surface area contributed by atoms with Crippen molar-refractivity contribution in [3.8, 4) is 16.8 Å². The van der Waals surface area contributed by atoms with Gasteiger partial charge in [0.15, 0.2) is 5.69 Å². The number of pyridine rings is 1. The molecule has 0 N–H and O–H groups in total. The highest BCUT2D eigenvalue weighted by Crippen LogP contribution is 2.45. The van der Waals surface area contributed by atoms with Gasteiger partial charge < -0.3 is 9.47 Å². The van der Waals surface area contributed by atoms with Gasteiger partial charge in [0.1, 0.15) is 34.0 Å². The number of aromatic nitrogens is 5. The second-order valence-corrected chi connectivity index (χ2v) is 11.1. The van der Waals surface area contributed by atoms with Gasteiger partial charge >= 0.3 is 5.97 Å². The standard InChI is InChI=1S/C21H20BrClN6O3S2/c1-10-17(8-31-12(3)30)32-21(34-13-4-14(22)15(5-24)25-6-13)11(2)19(10)29-7-16(27-28-29)20-26-18(23)9-33-20/h4,6-7,9-11,17,19,21H,8H2,1-3H3/t10-,11?,17?,19-,21+/m0/s1. The predicted octanol–water partition coefficient (Wildman–Crippen LogP) is 4.98. The number of hydrogen-bond donors (Lipinski definition) is 0. The summed E-state index contributed by atoms with van der Waals surface area (Å²) < 4.78 is 14.2. The fourth-order valence-corrected chi connectivity index (χ4v) is 6.51. The summed E-state index contributed by atoms with van der Waals surface area (Å²) in [7, 11) is 0. The fraction of sp³-hybridized carbons (Fsp3) is 0.429. The lowest BCUT2D eigenvalue weighted by atomic mass is 9.84. The molecule has 4 heterocycles. The van der Waals surface area contributed by atoms with E-state index < -0.39 is 0 Å². The molecule has 0 radical (unpaired) electrons. The molecule has 0 aromatic carbocycles. The molecule has 3 aromatic rings. The Balaban J connectivity index is 1.62. The van der Waals surface area contributed by atoms with Crippen molar-refractivity contribution in [2.45, 2.75) is 43.2 Å². The third kappa shape index (κ3) is 5.44. The summed E-state index contributed by atoms with van der Waals surface area (Å²) in [6.45, 7) is 5.66. The van der Waals surface area contributed by atoms with E-state index in [-0.39, 0.29) is 42.0 Å². The molecule has 5 atom stereocenters. The van der Waals surface area contributed by atoms with E-state index in [1.165, 1.54) is 30.0 Å². The molecule has 13 heteroatoms. The Kier molecular flexibility index (Phi) is 7.89. The molecule has 0 amide bonds. The number of halogens is 2. The molecule has 4 rings (SSSR count). The molecule has 1 fully saturated rings. The largest absolute Gasteiger partial charge is 0.463 e. The first kappa shape index (κ1) is 25.1. The van der Waals surface area contributed by atoms with Crippen LogP contribution in [-0.4, -0.2) is 49.1 Å². The summed E-state index contributed by atoms with van der Waals surface area (Å²) in [6.07, 6.45) is 3.17. The number of thiazole rings is 1. The van der Waals surface area contributed by atoms with Gasteiger partial charge in [-0.05, 0) is 22.0 Å². The first-order valence-electron chi connectivity index (χ1n) is 10.3. The van der Waals surface area contributed by atoms with Crippen LogP contribution in [0.4, 0.5) is 0 Å². The Morgan fingerprint density at radius 2 is 2.24 bits per heavy atom. The first-order valence-corrected chi connectivity index (χ1v) is 13.2. The Morgan fingerprint density at radius 1 is 1.44 bits per heavy atom. The van der Waals surface area contributed by atoms with Crippen LogP contribution >= 0.6 is 50.6 Å². The van der Waals surface area contributed by atoms with E-state index >= 15 is 0 Å². The number of nitriles is 1. The minimum atomic E-state index is -0.362. The minimum Gasteiger partial charge on any atom is -0.463 e. The third-order valence-electron chi connectivity index (χ3n) is 5.54. The van der Waals surface area contributed by atoms with Crippen molar-refractivity contribution in [2.75, 3.05) is 6.61 Å². The zero-order chi connectivity index (χ0) is 24.4. The van der Waals surface area contributed by atoms with Crippen LogP contribution in [0.1, 0.15) is 32.5 Å². The van der Waals surface area contributed by atoms with Crippen LogP contribution in [-0.2, 0) is 14.3 Å². The zero-order valence-corrected chi connectivity index (χ0v) is 22.4. The average Bonchev–Trinajstić information content (AvgIpc) is 3.44. The van der Waals surface area contributed by atoms with Crippen molar-refractivity contribution in [2.24, 2.45) is 11.8 Å². The van der Waals surface area contributed by atoms with E-state index in [4.69, 9.17) is 26.3 Å². The normalized spacial score (nSPS) is 24.5. The zero-order valence-electron chi connectivity index (χ0n) is 18.4. The molecule has 0 bridgehead atoms. The highest BCUT2D eigenvalue weighted by atomic mass is 79.9. The van der Waals surface area contributed by atoms with Crippen LogP contribution in [0, 0.1) is 23.2 Å². The summed E-state index contributed by atoms with van der Waals surface area (Å²) in [4.78, 5) is 20.8. The second kappa shape index (κ2) is 10.7. The summed E-state index contributed by atoms with van der Waals surface area (Å²) in [5.74, 6) is -0.372. The highest BCUT2D eigenvalue weighted by molar-refractivity contribution is 9.10. The number of hydrogen-bond acceptors (Lipinski definition) is 10. The number of carbonyl (C=O) groups is 1. The molecule has 0 spiro atoms.